The fraction of sp³-hybridized carbons (Fsp3) is 0.250. The van der Waals surface area contributed by atoms with Crippen LogP contribution in [0.25, 0.3) is 0 Å². The Morgan fingerprint density at radius 1 is 0.857 bits per heavy atom. The largest absolute Gasteiger partial charge is 0.508 e. The number of hydrogen-bond acceptors (Lipinski definition) is 4. The molecule has 0 aliphatic carbocycles. The van der Waals surface area contributed by atoms with Crippen molar-refractivity contribution in [2.24, 2.45) is 0 Å². The number of aromatic hydroxyl groups is 2. The summed E-state index contributed by atoms with van der Waals surface area (Å²) in [6, 6.07) is 5.71. The van der Waals surface area contributed by atoms with Crippen LogP contribution in [0.2, 0.25) is 0 Å². The van der Waals surface area contributed by atoms with Crippen LogP contribution in [0.5, 0.6) is 11.5 Å². The topological polar surface area (TPSA) is 74.6 Å². The van der Waals surface area contributed by atoms with Crippen molar-refractivity contribution < 1.29 is 18.6 Å². The molecule has 5 heteroatoms. The smallest absolute Gasteiger partial charge is 0.206 e. The van der Waals surface area contributed by atoms with Gasteiger partial charge in [0.15, 0.2) is 0 Å². The summed E-state index contributed by atoms with van der Waals surface area (Å²) in [5.41, 5.74) is 2.10. The molecular formula is C16H18O4S. The van der Waals surface area contributed by atoms with Crippen molar-refractivity contribution in [3.05, 3.63) is 46.5 Å². The third-order valence-electron chi connectivity index (χ3n) is 3.77. The zero-order chi connectivity index (χ0) is 15.9. The van der Waals surface area contributed by atoms with E-state index in [1.165, 1.54) is 24.3 Å². The van der Waals surface area contributed by atoms with E-state index in [1.54, 1.807) is 27.7 Å². The Morgan fingerprint density at radius 2 is 1.38 bits per heavy atom. The SMILES string of the molecule is Cc1cc(S(=O)(=O)c2ccc(O)c(C)c2C)cc(C)c1O. The van der Waals surface area contributed by atoms with Crippen molar-refractivity contribution in [2.75, 3.05) is 0 Å². The van der Waals surface area contributed by atoms with Crippen LogP contribution in [0, 0.1) is 27.7 Å². The molecule has 0 saturated carbocycles. The second-order valence-electron chi connectivity index (χ2n) is 5.24. The number of hydrogen-bond donors (Lipinski definition) is 2. The Kier molecular flexibility index (Phi) is 3.72. The zero-order valence-electron chi connectivity index (χ0n) is 12.4. The molecule has 0 saturated heterocycles. The molecule has 2 rings (SSSR count). The summed E-state index contributed by atoms with van der Waals surface area (Å²) < 4.78 is 25.5. The number of phenols is 2. The highest BCUT2D eigenvalue weighted by molar-refractivity contribution is 7.91. The molecule has 0 aromatic heterocycles. The number of benzene rings is 2. The van der Waals surface area contributed by atoms with Gasteiger partial charge in [-0.1, -0.05) is 0 Å². The molecule has 2 N–H and O–H groups in total. The molecule has 0 amide bonds. The van der Waals surface area contributed by atoms with Crippen LogP contribution in [-0.2, 0) is 9.84 Å². The van der Waals surface area contributed by atoms with Crippen LogP contribution in [0.1, 0.15) is 22.3 Å². The molecule has 2 aromatic rings. The Labute approximate surface area is 124 Å². The van der Waals surface area contributed by atoms with Gasteiger partial charge in [0.25, 0.3) is 0 Å². The Balaban J connectivity index is 2.72. The molecule has 0 heterocycles. The quantitative estimate of drug-likeness (QED) is 0.893. The van der Waals surface area contributed by atoms with E-state index in [4.69, 9.17) is 0 Å². The van der Waals surface area contributed by atoms with Gasteiger partial charge in [-0.2, -0.15) is 0 Å². The maximum Gasteiger partial charge on any atom is 0.206 e. The molecule has 0 aliphatic rings. The minimum Gasteiger partial charge on any atom is -0.508 e. The fourth-order valence-electron chi connectivity index (χ4n) is 2.27. The molecule has 0 bridgehead atoms. The highest BCUT2D eigenvalue weighted by atomic mass is 32.2. The summed E-state index contributed by atoms with van der Waals surface area (Å²) in [6.07, 6.45) is 0. The van der Waals surface area contributed by atoms with Crippen LogP contribution in [0.15, 0.2) is 34.1 Å². The number of sulfone groups is 1. The van der Waals surface area contributed by atoms with Crippen LogP contribution in [0.4, 0.5) is 0 Å². The molecular weight excluding hydrogens is 288 g/mol. The first-order valence-electron chi connectivity index (χ1n) is 6.50. The second kappa shape index (κ2) is 5.07. The highest BCUT2D eigenvalue weighted by Gasteiger charge is 2.23. The predicted octanol–water partition coefficient (Wildman–Crippen LogP) is 3.16. The van der Waals surface area contributed by atoms with E-state index < -0.39 is 9.84 Å². The lowest BCUT2D eigenvalue weighted by atomic mass is 10.1. The molecule has 0 aliphatic heterocycles. The average Bonchev–Trinajstić information content (AvgIpc) is 2.41. The molecule has 0 radical (unpaired) electrons. The summed E-state index contributed by atoms with van der Waals surface area (Å²) in [4.78, 5) is 0.311. The first kappa shape index (κ1) is 15.4. The minimum absolute atomic E-state index is 0.0736. The van der Waals surface area contributed by atoms with Gasteiger partial charge in [0.2, 0.25) is 9.84 Å². The lowest BCUT2D eigenvalue weighted by Crippen LogP contribution is -2.06. The summed E-state index contributed by atoms with van der Waals surface area (Å²) in [5.74, 6) is 0.178. The van der Waals surface area contributed by atoms with Crippen LogP contribution >= 0.6 is 0 Å². The molecule has 2 aromatic carbocycles. The average molecular weight is 306 g/mol. The van der Waals surface area contributed by atoms with Gasteiger partial charge in [-0.3, -0.25) is 0 Å². The van der Waals surface area contributed by atoms with Crippen molar-refractivity contribution in [1.29, 1.82) is 0 Å². The van der Waals surface area contributed by atoms with Crippen molar-refractivity contribution >= 4 is 9.84 Å². The summed E-state index contributed by atoms with van der Waals surface area (Å²) in [5, 5.41) is 19.4. The highest BCUT2D eigenvalue weighted by Crippen LogP contribution is 2.32. The number of rotatable bonds is 2. The van der Waals surface area contributed by atoms with Crippen LogP contribution < -0.4 is 0 Å². The van der Waals surface area contributed by atoms with Crippen LogP contribution in [-0.4, -0.2) is 18.6 Å². The second-order valence-corrected chi connectivity index (χ2v) is 7.16. The fourth-order valence-corrected chi connectivity index (χ4v) is 3.99. The Hall–Kier alpha value is -2.01. The third-order valence-corrected chi connectivity index (χ3v) is 5.65. The first-order valence-corrected chi connectivity index (χ1v) is 7.99. The van der Waals surface area contributed by atoms with Gasteiger partial charge in [0.05, 0.1) is 9.79 Å². The normalized spacial score (nSPS) is 11.6. The van der Waals surface area contributed by atoms with Gasteiger partial charge in [-0.05, 0) is 74.2 Å². The van der Waals surface area contributed by atoms with Crippen LogP contribution in [0.3, 0.4) is 0 Å². The van der Waals surface area contributed by atoms with E-state index in [2.05, 4.69) is 0 Å². The summed E-state index contributed by atoms with van der Waals surface area (Å²) in [7, 11) is -3.69. The molecule has 0 spiro atoms. The van der Waals surface area contributed by atoms with Gasteiger partial charge >= 0.3 is 0 Å². The predicted molar refractivity (Wildman–Crippen MR) is 80.6 cm³/mol. The van der Waals surface area contributed by atoms with Gasteiger partial charge in [0, 0.05) is 0 Å². The van der Waals surface area contributed by atoms with E-state index in [0.29, 0.717) is 22.3 Å². The lowest BCUT2D eigenvalue weighted by Gasteiger charge is -2.13. The van der Waals surface area contributed by atoms with E-state index >= 15 is 0 Å². The molecule has 4 nitrogen and oxygen atoms in total. The van der Waals surface area contributed by atoms with Crippen molar-refractivity contribution in [3.8, 4) is 11.5 Å². The molecule has 0 fully saturated rings. The van der Waals surface area contributed by atoms with Gasteiger partial charge in [-0.25, -0.2) is 8.42 Å². The van der Waals surface area contributed by atoms with Gasteiger partial charge in [0.1, 0.15) is 11.5 Å². The van der Waals surface area contributed by atoms with Crippen molar-refractivity contribution in [3.63, 3.8) is 0 Å². The Bertz CT molecular complexity index is 797. The first-order chi connectivity index (χ1) is 9.66. The molecule has 112 valence electrons. The van der Waals surface area contributed by atoms with Crippen molar-refractivity contribution in [2.45, 2.75) is 37.5 Å². The van der Waals surface area contributed by atoms with E-state index in [0.717, 1.165) is 0 Å². The monoisotopic (exact) mass is 306 g/mol. The van der Waals surface area contributed by atoms with E-state index in [-0.39, 0.29) is 21.3 Å². The third kappa shape index (κ3) is 2.49. The van der Waals surface area contributed by atoms with Gasteiger partial charge < -0.3 is 10.2 Å². The lowest BCUT2D eigenvalue weighted by molar-refractivity contribution is 0.466. The standard InChI is InChI=1S/C16H18O4S/c1-9-7-13(8-10(2)16(9)18)21(19,20)15-6-5-14(17)11(3)12(15)4/h5-8,17-18H,1-4H3. The van der Waals surface area contributed by atoms with E-state index in [1.807, 2.05) is 0 Å². The zero-order valence-corrected chi connectivity index (χ0v) is 13.2. The maximum atomic E-state index is 12.8. The number of aryl methyl sites for hydroxylation is 2. The molecule has 0 atom stereocenters. The number of phenolic OH excluding ortho intramolecular Hbond substituents is 2. The minimum atomic E-state index is -3.69. The van der Waals surface area contributed by atoms with E-state index in [9.17, 15) is 18.6 Å². The molecule has 0 unspecified atom stereocenters. The Morgan fingerprint density at radius 3 is 1.90 bits per heavy atom. The summed E-state index contributed by atoms with van der Waals surface area (Å²) >= 11 is 0. The maximum absolute atomic E-state index is 12.8. The molecule has 21 heavy (non-hydrogen) atoms. The van der Waals surface area contributed by atoms with Gasteiger partial charge in [-0.15, -0.1) is 0 Å². The summed E-state index contributed by atoms with van der Waals surface area (Å²) in [6.45, 7) is 6.67. The van der Waals surface area contributed by atoms with Crippen molar-refractivity contribution in [1.82, 2.24) is 0 Å².